The molecule has 144 valence electrons. The first-order valence-electron chi connectivity index (χ1n) is 8.33. The Kier molecular flexibility index (Phi) is 7.50. The summed E-state index contributed by atoms with van der Waals surface area (Å²) in [6.45, 7) is 1.71. The zero-order chi connectivity index (χ0) is 20.0. The van der Waals surface area contributed by atoms with E-state index < -0.39 is 22.2 Å². The van der Waals surface area contributed by atoms with Crippen LogP contribution in [0, 0.1) is 10.1 Å². The van der Waals surface area contributed by atoms with E-state index in [1.165, 1.54) is 11.8 Å². The van der Waals surface area contributed by atoms with E-state index in [4.69, 9.17) is 16.3 Å². The average molecular weight is 409 g/mol. The summed E-state index contributed by atoms with van der Waals surface area (Å²) in [4.78, 5) is 26.2. The van der Waals surface area contributed by atoms with E-state index in [-0.39, 0.29) is 6.61 Å². The molecular formula is C19H21ClN2O4S. The number of rotatable bonds is 8. The van der Waals surface area contributed by atoms with Gasteiger partial charge in [-0.3, -0.25) is 10.1 Å². The zero-order valence-corrected chi connectivity index (χ0v) is 16.9. The topological polar surface area (TPSA) is 72.7 Å². The molecule has 0 amide bonds. The van der Waals surface area contributed by atoms with E-state index in [0.29, 0.717) is 10.6 Å². The standard InChI is InChI=1S/C19H21ClN2O4S/c1-4-26-19(23)17(22(24)25)18(27-16-11-7-14(20)8-12-16)13-5-9-15(10-6-13)21(2)3/h5-12,17-18H,4H2,1-3H3. The van der Waals surface area contributed by atoms with Crippen LogP contribution in [0.1, 0.15) is 17.7 Å². The van der Waals surface area contributed by atoms with Crippen LogP contribution in [0.5, 0.6) is 0 Å². The Hall–Kier alpha value is -2.25. The fourth-order valence-electron chi connectivity index (χ4n) is 2.48. The van der Waals surface area contributed by atoms with Crippen molar-refractivity contribution < 1.29 is 14.5 Å². The van der Waals surface area contributed by atoms with E-state index in [0.717, 1.165) is 10.6 Å². The van der Waals surface area contributed by atoms with Crippen molar-refractivity contribution >= 4 is 35.0 Å². The molecule has 27 heavy (non-hydrogen) atoms. The van der Waals surface area contributed by atoms with E-state index in [1.807, 2.05) is 31.1 Å². The number of benzene rings is 2. The second-order valence-corrected chi connectivity index (χ2v) is 7.61. The van der Waals surface area contributed by atoms with Crippen molar-refractivity contribution in [1.82, 2.24) is 0 Å². The van der Waals surface area contributed by atoms with Crippen molar-refractivity contribution in [3.63, 3.8) is 0 Å². The first-order valence-corrected chi connectivity index (χ1v) is 9.59. The number of nitrogens with zero attached hydrogens (tertiary/aromatic N) is 2. The molecule has 0 aromatic heterocycles. The fourth-order valence-corrected chi connectivity index (χ4v) is 3.83. The number of esters is 1. The minimum Gasteiger partial charge on any atom is -0.461 e. The molecule has 0 aliphatic carbocycles. The highest BCUT2D eigenvalue weighted by atomic mass is 35.5. The van der Waals surface area contributed by atoms with E-state index in [2.05, 4.69) is 0 Å². The molecule has 0 N–H and O–H groups in total. The average Bonchev–Trinajstić information content (AvgIpc) is 2.63. The lowest BCUT2D eigenvalue weighted by atomic mass is 10.0. The van der Waals surface area contributed by atoms with Gasteiger partial charge in [0.25, 0.3) is 0 Å². The van der Waals surface area contributed by atoms with Crippen LogP contribution in [-0.2, 0) is 9.53 Å². The third kappa shape index (κ3) is 5.61. The molecule has 8 heteroatoms. The Balaban J connectivity index is 2.43. The molecule has 0 aliphatic rings. The SMILES string of the molecule is CCOC(=O)C(C(Sc1ccc(Cl)cc1)c1ccc(N(C)C)cc1)[N+](=O)[O-]. The van der Waals surface area contributed by atoms with Gasteiger partial charge in [0.15, 0.2) is 0 Å². The molecule has 0 fully saturated rings. The molecule has 2 atom stereocenters. The van der Waals surface area contributed by atoms with Gasteiger partial charge in [-0.25, -0.2) is 4.79 Å². The lowest BCUT2D eigenvalue weighted by molar-refractivity contribution is -0.510. The largest absolute Gasteiger partial charge is 0.461 e. The smallest absolute Gasteiger partial charge is 0.383 e. The number of anilines is 1. The first-order chi connectivity index (χ1) is 12.8. The van der Waals surface area contributed by atoms with Gasteiger partial charge >= 0.3 is 12.0 Å². The number of halogens is 1. The van der Waals surface area contributed by atoms with Crippen molar-refractivity contribution in [3.05, 3.63) is 69.2 Å². The van der Waals surface area contributed by atoms with Crippen molar-refractivity contribution in [2.24, 2.45) is 0 Å². The lowest BCUT2D eigenvalue weighted by Gasteiger charge is -2.21. The molecule has 2 aromatic carbocycles. The molecule has 6 nitrogen and oxygen atoms in total. The summed E-state index contributed by atoms with van der Waals surface area (Å²) in [6.07, 6.45) is 0. The summed E-state index contributed by atoms with van der Waals surface area (Å²) in [6, 6.07) is 12.8. The highest BCUT2D eigenvalue weighted by Crippen LogP contribution is 2.40. The van der Waals surface area contributed by atoms with Crippen molar-refractivity contribution in [2.45, 2.75) is 23.1 Å². The van der Waals surface area contributed by atoms with Crippen LogP contribution in [0.2, 0.25) is 5.02 Å². The summed E-state index contributed by atoms with van der Waals surface area (Å²) in [5.74, 6) is -0.842. The molecule has 2 aromatic rings. The van der Waals surface area contributed by atoms with Crippen molar-refractivity contribution in [3.8, 4) is 0 Å². The predicted molar refractivity (Wildman–Crippen MR) is 108 cm³/mol. The molecule has 0 saturated carbocycles. The number of ether oxygens (including phenoxy) is 1. The molecule has 2 unspecified atom stereocenters. The van der Waals surface area contributed by atoms with Crippen LogP contribution in [0.25, 0.3) is 0 Å². The van der Waals surface area contributed by atoms with Gasteiger partial charge in [0, 0.05) is 34.6 Å². The molecule has 0 aliphatic heterocycles. The van der Waals surface area contributed by atoms with Crippen LogP contribution < -0.4 is 4.90 Å². The van der Waals surface area contributed by atoms with Gasteiger partial charge < -0.3 is 9.64 Å². The maximum absolute atomic E-state index is 12.3. The lowest BCUT2D eigenvalue weighted by Crippen LogP contribution is -2.36. The van der Waals surface area contributed by atoms with Gasteiger partial charge in [0.1, 0.15) is 5.25 Å². The van der Waals surface area contributed by atoms with Gasteiger partial charge in [0.2, 0.25) is 0 Å². The number of carbonyl (C=O) groups is 1. The minimum atomic E-state index is -1.52. The molecule has 0 saturated heterocycles. The van der Waals surface area contributed by atoms with Gasteiger partial charge in [-0.05, 0) is 48.9 Å². The highest BCUT2D eigenvalue weighted by Gasteiger charge is 2.42. The molecule has 0 heterocycles. The fraction of sp³-hybridized carbons (Fsp3) is 0.316. The van der Waals surface area contributed by atoms with Crippen LogP contribution in [0.15, 0.2) is 53.4 Å². The number of hydrogen-bond donors (Lipinski definition) is 0. The van der Waals surface area contributed by atoms with E-state index >= 15 is 0 Å². The van der Waals surface area contributed by atoms with Crippen LogP contribution in [0.3, 0.4) is 0 Å². The Morgan fingerprint density at radius 3 is 2.26 bits per heavy atom. The monoisotopic (exact) mass is 408 g/mol. The summed E-state index contributed by atoms with van der Waals surface area (Å²) in [5.41, 5.74) is 1.64. The van der Waals surface area contributed by atoms with Crippen LogP contribution in [-0.4, -0.2) is 37.6 Å². The summed E-state index contributed by atoms with van der Waals surface area (Å²) >= 11 is 7.16. The number of thioether (sulfide) groups is 1. The minimum absolute atomic E-state index is 0.0844. The number of carbonyl (C=O) groups excluding carboxylic acids is 1. The molecule has 2 rings (SSSR count). The van der Waals surface area contributed by atoms with E-state index in [1.54, 1.807) is 43.3 Å². The number of nitro groups is 1. The zero-order valence-electron chi connectivity index (χ0n) is 15.3. The van der Waals surface area contributed by atoms with Crippen molar-refractivity contribution in [1.29, 1.82) is 0 Å². The number of hydrogen-bond acceptors (Lipinski definition) is 6. The Bertz CT molecular complexity index is 781. The summed E-state index contributed by atoms with van der Waals surface area (Å²) in [5, 5.41) is 11.5. The summed E-state index contributed by atoms with van der Waals surface area (Å²) in [7, 11) is 3.82. The van der Waals surface area contributed by atoms with Gasteiger partial charge in [-0.1, -0.05) is 23.7 Å². The third-order valence-corrected chi connectivity index (χ3v) is 5.44. The van der Waals surface area contributed by atoms with E-state index in [9.17, 15) is 14.9 Å². The molecule has 0 spiro atoms. The predicted octanol–water partition coefficient (Wildman–Crippen LogP) is 4.45. The normalized spacial score (nSPS) is 12.9. The summed E-state index contributed by atoms with van der Waals surface area (Å²) < 4.78 is 4.96. The van der Waals surface area contributed by atoms with Crippen molar-refractivity contribution in [2.75, 3.05) is 25.6 Å². The maximum atomic E-state index is 12.3. The van der Waals surface area contributed by atoms with Gasteiger partial charge in [-0.2, -0.15) is 0 Å². The molecule has 0 radical (unpaired) electrons. The Morgan fingerprint density at radius 2 is 1.78 bits per heavy atom. The Morgan fingerprint density at radius 1 is 1.19 bits per heavy atom. The second kappa shape index (κ2) is 9.62. The van der Waals surface area contributed by atoms with Crippen LogP contribution >= 0.6 is 23.4 Å². The maximum Gasteiger partial charge on any atom is 0.383 e. The highest BCUT2D eigenvalue weighted by molar-refractivity contribution is 7.99. The third-order valence-electron chi connectivity index (χ3n) is 3.86. The van der Waals surface area contributed by atoms with Gasteiger partial charge in [-0.15, -0.1) is 11.8 Å². The van der Waals surface area contributed by atoms with Gasteiger partial charge in [0.05, 0.1) is 6.61 Å². The first kappa shape index (κ1) is 21.1. The van der Waals surface area contributed by atoms with Crippen LogP contribution in [0.4, 0.5) is 5.69 Å². The molecule has 0 bridgehead atoms. The Labute approximate surface area is 167 Å². The molecular weight excluding hydrogens is 388 g/mol. The quantitative estimate of drug-likeness (QED) is 0.278. The second-order valence-electron chi connectivity index (χ2n) is 5.96.